The van der Waals surface area contributed by atoms with Crippen molar-refractivity contribution in [2.75, 3.05) is 0 Å². The number of rotatable bonds is 4. The van der Waals surface area contributed by atoms with E-state index < -0.39 is 17.9 Å². The van der Waals surface area contributed by atoms with Crippen molar-refractivity contribution in [3.8, 4) is 0 Å². The van der Waals surface area contributed by atoms with Crippen molar-refractivity contribution in [1.82, 2.24) is 0 Å². The molecule has 0 aliphatic heterocycles. The van der Waals surface area contributed by atoms with Crippen LogP contribution < -0.4 is 0 Å². The van der Waals surface area contributed by atoms with Gasteiger partial charge in [0.25, 0.3) is 5.92 Å². The second-order valence-corrected chi connectivity index (χ2v) is 3.30. The maximum absolute atomic E-state index is 12.8. The monoisotopic (exact) mass is 166 g/mol. The lowest BCUT2D eigenvalue weighted by Crippen LogP contribution is -2.24. The molecule has 0 aliphatic rings. The Bertz CT molecular complexity index is 111. The Hall–Kier alpha value is -0.180. The molecule has 3 heteroatoms. The maximum atomic E-state index is 12.8. The van der Waals surface area contributed by atoms with E-state index in [1.54, 1.807) is 0 Å². The van der Waals surface area contributed by atoms with Crippen molar-refractivity contribution in [3.63, 3.8) is 0 Å². The number of hydrogen-bond donors (Lipinski definition) is 1. The van der Waals surface area contributed by atoms with Gasteiger partial charge in [0.1, 0.15) is 0 Å². The van der Waals surface area contributed by atoms with Gasteiger partial charge < -0.3 is 5.11 Å². The topological polar surface area (TPSA) is 20.2 Å². The lowest BCUT2D eigenvalue weighted by Gasteiger charge is -2.20. The average molecular weight is 166 g/mol. The predicted octanol–water partition coefficient (Wildman–Crippen LogP) is 2.44. The zero-order valence-electron chi connectivity index (χ0n) is 7.27. The first-order valence-corrected chi connectivity index (χ1v) is 3.92. The van der Waals surface area contributed by atoms with Crippen LogP contribution in [0.25, 0.3) is 0 Å². The quantitative estimate of drug-likeness (QED) is 0.680. The van der Waals surface area contributed by atoms with Gasteiger partial charge >= 0.3 is 0 Å². The van der Waals surface area contributed by atoms with Crippen LogP contribution in [0.15, 0.2) is 0 Å². The molecule has 0 spiro atoms. The molecule has 0 radical (unpaired) electrons. The first-order valence-electron chi connectivity index (χ1n) is 3.92. The van der Waals surface area contributed by atoms with Gasteiger partial charge in [-0.15, -0.1) is 0 Å². The molecule has 0 bridgehead atoms. The molecule has 1 N–H and O–H groups in total. The van der Waals surface area contributed by atoms with Gasteiger partial charge in [-0.3, -0.25) is 0 Å². The number of hydrogen-bond acceptors (Lipinski definition) is 1. The Morgan fingerprint density at radius 3 is 2.00 bits per heavy atom. The third-order valence-electron chi connectivity index (χ3n) is 1.74. The molecule has 0 aromatic carbocycles. The fourth-order valence-electron chi connectivity index (χ4n) is 0.690. The highest BCUT2D eigenvalue weighted by Gasteiger charge is 2.32. The van der Waals surface area contributed by atoms with E-state index in [0.717, 1.165) is 0 Å². The van der Waals surface area contributed by atoms with Crippen molar-refractivity contribution in [1.29, 1.82) is 0 Å². The summed E-state index contributed by atoms with van der Waals surface area (Å²) in [5.41, 5.74) is 0. The number of aliphatic hydroxyl groups is 1. The van der Waals surface area contributed by atoms with Gasteiger partial charge in [0.15, 0.2) is 0 Å². The zero-order chi connectivity index (χ0) is 9.07. The molecule has 0 saturated heterocycles. The van der Waals surface area contributed by atoms with Crippen LogP contribution in [0.1, 0.15) is 33.6 Å². The third-order valence-corrected chi connectivity index (χ3v) is 1.74. The molecular weight excluding hydrogens is 150 g/mol. The lowest BCUT2D eigenvalue weighted by molar-refractivity contribution is -0.0603. The molecule has 68 valence electrons. The molecule has 11 heavy (non-hydrogen) atoms. The van der Waals surface area contributed by atoms with Gasteiger partial charge in [-0.05, 0) is 13.3 Å². The van der Waals surface area contributed by atoms with E-state index in [9.17, 15) is 8.78 Å². The van der Waals surface area contributed by atoms with E-state index in [1.807, 2.05) is 0 Å². The molecule has 0 fully saturated rings. The minimum atomic E-state index is -2.63. The lowest BCUT2D eigenvalue weighted by atomic mass is 10.00. The summed E-state index contributed by atoms with van der Waals surface area (Å²) in [4.78, 5) is 0. The van der Waals surface area contributed by atoms with E-state index in [4.69, 9.17) is 5.11 Å². The number of aliphatic hydroxyl groups excluding tert-OH is 1. The molecule has 0 saturated carbocycles. The molecule has 0 aromatic rings. The van der Waals surface area contributed by atoms with E-state index >= 15 is 0 Å². The minimum absolute atomic E-state index is 0.172. The molecule has 1 unspecified atom stereocenters. The number of alkyl halides is 2. The van der Waals surface area contributed by atoms with E-state index in [1.165, 1.54) is 20.8 Å². The Kier molecular flexibility index (Phi) is 3.93. The Morgan fingerprint density at radius 1 is 1.27 bits per heavy atom. The van der Waals surface area contributed by atoms with Crippen LogP contribution >= 0.6 is 0 Å². The highest BCUT2D eigenvalue weighted by atomic mass is 19.3. The summed E-state index contributed by atoms with van der Waals surface area (Å²) >= 11 is 0. The highest BCUT2D eigenvalue weighted by Crippen LogP contribution is 2.29. The summed E-state index contributed by atoms with van der Waals surface area (Å²) in [5, 5.41) is 8.76. The molecule has 0 rings (SSSR count). The molecule has 0 aromatic heterocycles. The summed E-state index contributed by atoms with van der Waals surface area (Å²) in [6, 6.07) is 0. The molecule has 0 heterocycles. The van der Waals surface area contributed by atoms with Gasteiger partial charge in [-0.25, -0.2) is 8.78 Å². The normalized spacial score (nSPS) is 15.5. The summed E-state index contributed by atoms with van der Waals surface area (Å²) in [6.45, 7) is 4.50. The molecule has 1 nitrogen and oxygen atoms in total. The summed E-state index contributed by atoms with van der Waals surface area (Å²) < 4.78 is 25.6. The standard InChI is InChI=1S/C8H16F2O/c1-6(2)8(9,10)5-4-7(3)11/h6-7,11H,4-5H2,1-3H3. The van der Waals surface area contributed by atoms with E-state index in [2.05, 4.69) is 0 Å². The van der Waals surface area contributed by atoms with Gasteiger partial charge in [-0.1, -0.05) is 13.8 Å². The van der Waals surface area contributed by atoms with Crippen LogP contribution in [-0.4, -0.2) is 17.1 Å². The van der Waals surface area contributed by atoms with Gasteiger partial charge in [0, 0.05) is 12.3 Å². The second kappa shape index (κ2) is 4.00. The minimum Gasteiger partial charge on any atom is -0.393 e. The van der Waals surface area contributed by atoms with Gasteiger partial charge in [-0.2, -0.15) is 0 Å². The fraction of sp³-hybridized carbons (Fsp3) is 1.00. The molecule has 1 atom stereocenters. The van der Waals surface area contributed by atoms with E-state index in [-0.39, 0.29) is 12.8 Å². The van der Waals surface area contributed by atoms with Gasteiger partial charge in [0.05, 0.1) is 6.10 Å². The highest BCUT2D eigenvalue weighted by molar-refractivity contribution is 4.70. The van der Waals surface area contributed by atoms with E-state index in [0.29, 0.717) is 0 Å². The molecule has 0 aliphatic carbocycles. The van der Waals surface area contributed by atoms with Crippen molar-refractivity contribution in [2.45, 2.75) is 45.6 Å². The first kappa shape index (κ1) is 10.8. The van der Waals surface area contributed by atoms with Gasteiger partial charge in [0.2, 0.25) is 0 Å². The predicted molar refractivity (Wildman–Crippen MR) is 40.7 cm³/mol. The number of halogens is 2. The zero-order valence-corrected chi connectivity index (χ0v) is 7.27. The largest absolute Gasteiger partial charge is 0.393 e. The third kappa shape index (κ3) is 4.30. The Morgan fingerprint density at radius 2 is 1.73 bits per heavy atom. The van der Waals surface area contributed by atoms with Crippen LogP contribution in [0.4, 0.5) is 8.78 Å². The fourth-order valence-corrected chi connectivity index (χ4v) is 0.690. The molecule has 0 amide bonds. The second-order valence-electron chi connectivity index (χ2n) is 3.30. The van der Waals surface area contributed by atoms with Crippen LogP contribution in [0.5, 0.6) is 0 Å². The summed E-state index contributed by atoms with van der Waals surface area (Å²) in [7, 11) is 0. The summed E-state index contributed by atoms with van der Waals surface area (Å²) in [6.07, 6.45) is -0.673. The SMILES string of the molecule is CC(O)CCC(F)(F)C(C)C. The summed E-state index contributed by atoms with van der Waals surface area (Å²) in [5.74, 6) is -3.27. The van der Waals surface area contributed by atoms with Crippen LogP contribution in [0, 0.1) is 5.92 Å². The Balaban J connectivity index is 3.73. The van der Waals surface area contributed by atoms with Crippen molar-refractivity contribution in [2.24, 2.45) is 5.92 Å². The molecular formula is C8H16F2O. The van der Waals surface area contributed by atoms with Crippen molar-refractivity contribution < 1.29 is 13.9 Å². The average Bonchev–Trinajstić information content (AvgIpc) is 1.84. The Labute approximate surface area is 66.4 Å². The van der Waals surface area contributed by atoms with Crippen LogP contribution in [0.3, 0.4) is 0 Å². The van der Waals surface area contributed by atoms with Crippen LogP contribution in [0.2, 0.25) is 0 Å². The smallest absolute Gasteiger partial charge is 0.250 e. The van der Waals surface area contributed by atoms with Crippen LogP contribution in [-0.2, 0) is 0 Å². The first-order chi connectivity index (χ1) is 4.86. The maximum Gasteiger partial charge on any atom is 0.250 e. The van der Waals surface area contributed by atoms with Crippen molar-refractivity contribution in [3.05, 3.63) is 0 Å². The van der Waals surface area contributed by atoms with Crippen molar-refractivity contribution >= 4 is 0 Å².